The van der Waals surface area contributed by atoms with Crippen LogP contribution in [0.1, 0.15) is 32.3 Å². The van der Waals surface area contributed by atoms with Gasteiger partial charge in [-0.05, 0) is 25.3 Å². The number of pyridine rings is 1. The van der Waals surface area contributed by atoms with E-state index in [0.29, 0.717) is 12.4 Å². The summed E-state index contributed by atoms with van der Waals surface area (Å²) in [7, 11) is 1.62. The standard InChI is InChI=1S/C14H21N3OS/c1-4-14(2)7-8-19-13(17-14)16-10-11-5-6-12(18-3)15-9-11/h5-6,9H,4,7-8,10H2,1-3H3,(H,16,17). The molecule has 104 valence electrons. The maximum absolute atomic E-state index is 5.04. The van der Waals surface area contributed by atoms with E-state index in [-0.39, 0.29) is 5.54 Å². The molecule has 1 aliphatic heterocycles. The summed E-state index contributed by atoms with van der Waals surface area (Å²) in [6, 6.07) is 3.87. The average molecular weight is 279 g/mol. The zero-order valence-corrected chi connectivity index (χ0v) is 12.6. The lowest BCUT2D eigenvalue weighted by molar-refractivity contribution is 0.390. The van der Waals surface area contributed by atoms with Gasteiger partial charge < -0.3 is 10.1 Å². The number of rotatable bonds is 4. The van der Waals surface area contributed by atoms with Crippen molar-refractivity contribution < 1.29 is 4.74 Å². The Balaban J connectivity index is 1.97. The molecule has 0 bridgehead atoms. The van der Waals surface area contributed by atoms with Gasteiger partial charge in [-0.15, -0.1) is 0 Å². The number of amidine groups is 1. The van der Waals surface area contributed by atoms with E-state index in [1.807, 2.05) is 18.3 Å². The van der Waals surface area contributed by atoms with Crippen LogP contribution >= 0.6 is 11.8 Å². The number of hydrogen-bond donors (Lipinski definition) is 1. The number of hydrogen-bond acceptors (Lipinski definition) is 4. The number of thioether (sulfide) groups is 1. The molecule has 4 nitrogen and oxygen atoms in total. The minimum absolute atomic E-state index is 0.197. The van der Waals surface area contributed by atoms with E-state index < -0.39 is 0 Å². The monoisotopic (exact) mass is 279 g/mol. The highest BCUT2D eigenvalue weighted by atomic mass is 32.2. The maximum Gasteiger partial charge on any atom is 0.212 e. The summed E-state index contributed by atoms with van der Waals surface area (Å²) in [5.41, 5.74) is 1.29. The van der Waals surface area contributed by atoms with Gasteiger partial charge in [0.15, 0.2) is 5.17 Å². The van der Waals surface area contributed by atoms with Crippen LogP contribution in [0.5, 0.6) is 5.88 Å². The van der Waals surface area contributed by atoms with Gasteiger partial charge in [0, 0.05) is 23.6 Å². The molecule has 0 radical (unpaired) electrons. The lowest BCUT2D eigenvalue weighted by Crippen LogP contribution is -2.48. The molecule has 5 heteroatoms. The Kier molecular flexibility index (Phi) is 4.69. The first-order chi connectivity index (χ1) is 9.15. The van der Waals surface area contributed by atoms with Crippen molar-refractivity contribution in [1.82, 2.24) is 10.3 Å². The van der Waals surface area contributed by atoms with Gasteiger partial charge in [0.25, 0.3) is 0 Å². The molecule has 0 aliphatic carbocycles. The molecule has 0 spiro atoms. The fourth-order valence-electron chi connectivity index (χ4n) is 1.87. The molecule has 1 aromatic heterocycles. The molecule has 0 aromatic carbocycles. The number of aliphatic imine (C=N–C) groups is 1. The van der Waals surface area contributed by atoms with Crippen LogP contribution in [0.4, 0.5) is 0 Å². The molecular weight excluding hydrogens is 258 g/mol. The Labute approximate surface area is 119 Å². The van der Waals surface area contributed by atoms with Gasteiger partial charge in [0.2, 0.25) is 5.88 Å². The highest BCUT2D eigenvalue weighted by molar-refractivity contribution is 8.13. The van der Waals surface area contributed by atoms with Crippen LogP contribution < -0.4 is 10.1 Å². The van der Waals surface area contributed by atoms with E-state index >= 15 is 0 Å². The van der Waals surface area contributed by atoms with Gasteiger partial charge in [-0.25, -0.2) is 4.98 Å². The van der Waals surface area contributed by atoms with Crippen LogP contribution in [-0.2, 0) is 6.54 Å². The third kappa shape index (κ3) is 3.86. The van der Waals surface area contributed by atoms with E-state index in [1.54, 1.807) is 18.9 Å². The van der Waals surface area contributed by atoms with Gasteiger partial charge in [-0.1, -0.05) is 24.8 Å². The van der Waals surface area contributed by atoms with Crippen LogP contribution in [0.2, 0.25) is 0 Å². The summed E-state index contributed by atoms with van der Waals surface area (Å²) in [6.07, 6.45) is 4.13. The van der Waals surface area contributed by atoms with Crippen molar-refractivity contribution in [2.75, 3.05) is 12.9 Å². The van der Waals surface area contributed by atoms with Crippen molar-refractivity contribution in [2.24, 2.45) is 4.99 Å². The summed E-state index contributed by atoms with van der Waals surface area (Å²) < 4.78 is 5.04. The van der Waals surface area contributed by atoms with Gasteiger partial charge in [-0.3, -0.25) is 4.99 Å². The molecule has 1 N–H and O–H groups in total. The van der Waals surface area contributed by atoms with E-state index in [2.05, 4.69) is 29.1 Å². The maximum atomic E-state index is 5.04. The first-order valence-electron chi connectivity index (χ1n) is 6.59. The Morgan fingerprint density at radius 3 is 3.00 bits per heavy atom. The second-order valence-corrected chi connectivity index (χ2v) is 6.05. The summed E-state index contributed by atoms with van der Waals surface area (Å²) in [6.45, 7) is 5.14. The fraction of sp³-hybridized carbons (Fsp3) is 0.571. The van der Waals surface area contributed by atoms with Gasteiger partial charge in [-0.2, -0.15) is 0 Å². The van der Waals surface area contributed by atoms with Crippen molar-refractivity contribution in [2.45, 2.75) is 38.8 Å². The lowest BCUT2D eigenvalue weighted by Gasteiger charge is -2.35. The summed E-state index contributed by atoms with van der Waals surface area (Å²) in [5, 5.41) is 4.59. The fourth-order valence-corrected chi connectivity index (χ4v) is 3.09. The highest BCUT2D eigenvalue weighted by Gasteiger charge is 2.27. The molecule has 2 rings (SSSR count). The Hall–Kier alpha value is -1.23. The molecule has 0 amide bonds. The summed E-state index contributed by atoms with van der Waals surface area (Å²) >= 11 is 1.80. The minimum atomic E-state index is 0.197. The van der Waals surface area contributed by atoms with Crippen LogP contribution in [-0.4, -0.2) is 28.6 Å². The van der Waals surface area contributed by atoms with E-state index in [1.165, 1.54) is 6.42 Å². The number of methoxy groups -OCH3 is 1. The Morgan fingerprint density at radius 1 is 1.53 bits per heavy atom. The predicted molar refractivity (Wildman–Crippen MR) is 80.8 cm³/mol. The molecule has 1 atom stereocenters. The number of ether oxygens (including phenoxy) is 1. The molecule has 1 aromatic rings. The first-order valence-corrected chi connectivity index (χ1v) is 7.58. The zero-order valence-electron chi connectivity index (χ0n) is 11.8. The highest BCUT2D eigenvalue weighted by Crippen LogP contribution is 2.25. The summed E-state index contributed by atoms with van der Waals surface area (Å²) in [4.78, 5) is 8.83. The largest absolute Gasteiger partial charge is 0.481 e. The first kappa shape index (κ1) is 14.2. The third-order valence-electron chi connectivity index (χ3n) is 3.49. The molecule has 0 saturated carbocycles. The molecule has 19 heavy (non-hydrogen) atoms. The molecular formula is C14H21N3OS. The SMILES string of the molecule is CCC1(C)CCSC(=NCc2ccc(OC)nc2)N1. The number of aromatic nitrogens is 1. The minimum Gasteiger partial charge on any atom is -0.481 e. The van der Waals surface area contributed by atoms with Gasteiger partial charge >= 0.3 is 0 Å². The van der Waals surface area contributed by atoms with Crippen molar-refractivity contribution in [3.8, 4) is 5.88 Å². The molecule has 1 fully saturated rings. The smallest absolute Gasteiger partial charge is 0.212 e. The average Bonchev–Trinajstić information content (AvgIpc) is 2.46. The molecule has 1 saturated heterocycles. The Bertz CT molecular complexity index is 447. The van der Waals surface area contributed by atoms with Gasteiger partial charge in [0.05, 0.1) is 13.7 Å². The summed E-state index contributed by atoms with van der Waals surface area (Å²) in [5.74, 6) is 1.77. The van der Waals surface area contributed by atoms with Crippen LogP contribution in [0.25, 0.3) is 0 Å². The second-order valence-electron chi connectivity index (χ2n) is 4.97. The van der Waals surface area contributed by atoms with E-state index in [4.69, 9.17) is 4.74 Å². The number of nitrogens with one attached hydrogen (secondary N) is 1. The van der Waals surface area contributed by atoms with Gasteiger partial charge in [0.1, 0.15) is 0 Å². The van der Waals surface area contributed by atoms with E-state index in [0.717, 1.165) is 22.9 Å². The van der Waals surface area contributed by atoms with Crippen molar-refractivity contribution in [3.05, 3.63) is 23.9 Å². The molecule has 1 unspecified atom stereocenters. The van der Waals surface area contributed by atoms with Crippen LogP contribution in [0.3, 0.4) is 0 Å². The van der Waals surface area contributed by atoms with Crippen molar-refractivity contribution in [1.29, 1.82) is 0 Å². The second kappa shape index (κ2) is 6.28. The normalized spacial score (nSPS) is 25.1. The van der Waals surface area contributed by atoms with Crippen molar-refractivity contribution >= 4 is 16.9 Å². The predicted octanol–water partition coefficient (Wildman–Crippen LogP) is 2.84. The van der Waals surface area contributed by atoms with Crippen molar-refractivity contribution in [3.63, 3.8) is 0 Å². The molecule has 1 aliphatic rings. The number of nitrogens with zero attached hydrogens (tertiary/aromatic N) is 2. The Morgan fingerprint density at radius 2 is 2.37 bits per heavy atom. The van der Waals surface area contributed by atoms with Crippen LogP contribution in [0, 0.1) is 0 Å². The zero-order chi connectivity index (χ0) is 13.7. The quantitative estimate of drug-likeness (QED) is 0.920. The molecule has 2 heterocycles. The van der Waals surface area contributed by atoms with Crippen LogP contribution in [0.15, 0.2) is 23.3 Å². The topological polar surface area (TPSA) is 46.5 Å². The lowest BCUT2D eigenvalue weighted by atomic mass is 9.96. The van der Waals surface area contributed by atoms with E-state index in [9.17, 15) is 0 Å². The third-order valence-corrected chi connectivity index (χ3v) is 4.41.